The van der Waals surface area contributed by atoms with E-state index >= 15 is 0 Å². The molecule has 7 nitrogen and oxygen atoms in total. The van der Waals surface area contributed by atoms with Crippen LogP contribution in [-0.4, -0.2) is 65.2 Å². The lowest BCUT2D eigenvalue weighted by atomic mass is 10.1. The van der Waals surface area contributed by atoms with Gasteiger partial charge in [0.15, 0.2) is 0 Å². The molecule has 0 bridgehead atoms. The largest absolute Gasteiger partial charge is 0.465 e. The summed E-state index contributed by atoms with van der Waals surface area (Å²) >= 11 is 0. The molecule has 1 fully saturated rings. The Bertz CT molecular complexity index is 1180. The number of anilines is 1. The van der Waals surface area contributed by atoms with Gasteiger partial charge in [-0.05, 0) is 100 Å². The number of imidazole rings is 1. The normalized spacial score (nSPS) is 14.2. The first-order valence-corrected chi connectivity index (χ1v) is 15.5. The Labute approximate surface area is 240 Å². The van der Waals surface area contributed by atoms with Gasteiger partial charge in [-0.15, -0.1) is 0 Å². The van der Waals surface area contributed by atoms with Crippen LogP contribution >= 0.6 is 0 Å². The molecule has 0 unspecified atom stereocenters. The minimum Gasteiger partial charge on any atom is -0.465 e. The summed E-state index contributed by atoms with van der Waals surface area (Å²) in [6.07, 6.45) is 10.1. The van der Waals surface area contributed by atoms with Gasteiger partial charge in [0.05, 0.1) is 23.7 Å². The Hall–Kier alpha value is -2.90. The maximum absolute atomic E-state index is 11.8. The molecule has 0 amide bonds. The molecule has 1 saturated heterocycles. The molecule has 4 rings (SSSR count). The highest BCUT2D eigenvalue weighted by atomic mass is 16.5. The highest BCUT2D eigenvalue weighted by Gasteiger charge is 2.15. The lowest BCUT2D eigenvalue weighted by Crippen LogP contribution is -2.31. The molecule has 0 aliphatic carbocycles. The van der Waals surface area contributed by atoms with Crippen molar-refractivity contribution in [2.45, 2.75) is 84.8 Å². The Morgan fingerprint density at radius 2 is 1.62 bits per heavy atom. The Morgan fingerprint density at radius 3 is 2.30 bits per heavy atom. The van der Waals surface area contributed by atoms with Crippen LogP contribution in [-0.2, 0) is 24.4 Å². The summed E-state index contributed by atoms with van der Waals surface area (Å²) in [7, 11) is 1.41. The quantitative estimate of drug-likeness (QED) is 0.201. The molecule has 1 aromatic heterocycles. The zero-order chi connectivity index (χ0) is 28.2. The molecular weight excluding hydrogens is 498 g/mol. The van der Waals surface area contributed by atoms with Crippen LogP contribution in [0.15, 0.2) is 42.5 Å². The molecule has 1 N–H and O–H groups in total. The van der Waals surface area contributed by atoms with Gasteiger partial charge in [0.25, 0.3) is 0 Å². The first-order valence-electron chi connectivity index (χ1n) is 15.5. The Morgan fingerprint density at radius 1 is 0.925 bits per heavy atom. The molecule has 1 aliphatic rings. The minimum absolute atomic E-state index is 0.311. The number of ether oxygens (including phenoxy) is 1. The second kappa shape index (κ2) is 15.8. The van der Waals surface area contributed by atoms with Crippen LogP contribution in [0.3, 0.4) is 0 Å². The van der Waals surface area contributed by atoms with Crippen LogP contribution in [0.25, 0.3) is 11.0 Å². The topological polar surface area (TPSA) is 62.6 Å². The third-order valence-electron chi connectivity index (χ3n) is 8.01. The predicted molar refractivity (Wildman–Crippen MR) is 165 cm³/mol. The van der Waals surface area contributed by atoms with Crippen molar-refractivity contribution in [3.05, 3.63) is 59.2 Å². The number of carbonyl (C=O) groups excluding carboxylic acids is 1. The standard InChI is InChI=1S/C33H49N5O2/c1-4-6-18-37(19-7-5-2)26-28-14-17-30-31(24-28)38(23-11-22-36-20-9-8-10-21-36)33(35-30)34-25-27-12-15-29(16-13-27)32(39)40-3/h12-17,24H,4-11,18-23,25-26H2,1-3H3,(H,34,35). The van der Waals surface area contributed by atoms with Gasteiger partial charge >= 0.3 is 5.97 Å². The lowest BCUT2D eigenvalue weighted by Gasteiger charge is -2.26. The number of unbranched alkanes of at least 4 members (excludes halogenated alkanes) is 2. The summed E-state index contributed by atoms with van der Waals surface area (Å²) in [4.78, 5) is 22.1. The maximum Gasteiger partial charge on any atom is 0.337 e. The molecule has 7 heteroatoms. The van der Waals surface area contributed by atoms with Gasteiger partial charge in [-0.1, -0.05) is 51.3 Å². The summed E-state index contributed by atoms with van der Waals surface area (Å²) in [5.74, 6) is 0.602. The number of methoxy groups -OCH3 is 1. The number of nitrogens with zero attached hydrogens (tertiary/aromatic N) is 4. The SMILES string of the molecule is CCCCN(CCCC)Cc1ccc2nc(NCc3ccc(C(=O)OC)cc3)n(CCCN3CCCCC3)c2c1. The molecular formula is C33H49N5O2. The second-order valence-electron chi connectivity index (χ2n) is 11.2. The molecule has 0 spiro atoms. The molecule has 1 aliphatic heterocycles. The lowest BCUT2D eigenvalue weighted by molar-refractivity contribution is 0.0600. The number of esters is 1. The third kappa shape index (κ3) is 8.55. The van der Waals surface area contributed by atoms with Gasteiger partial charge in [0.1, 0.15) is 0 Å². The maximum atomic E-state index is 11.8. The van der Waals surface area contributed by atoms with Gasteiger partial charge in [0, 0.05) is 19.6 Å². The van der Waals surface area contributed by atoms with Crippen LogP contribution in [0.2, 0.25) is 0 Å². The fourth-order valence-electron chi connectivity index (χ4n) is 5.61. The number of rotatable bonds is 16. The van der Waals surface area contributed by atoms with Crippen molar-refractivity contribution >= 4 is 23.0 Å². The number of aromatic nitrogens is 2. The van der Waals surface area contributed by atoms with E-state index < -0.39 is 0 Å². The fourth-order valence-corrected chi connectivity index (χ4v) is 5.61. The molecule has 0 atom stereocenters. The Kier molecular flexibility index (Phi) is 11.9. The summed E-state index contributed by atoms with van der Waals surface area (Å²) in [6, 6.07) is 14.4. The number of hydrogen-bond donors (Lipinski definition) is 1. The zero-order valence-corrected chi connectivity index (χ0v) is 25.0. The van der Waals surface area contributed by atoms with Crippen molar-refractivity contribution in [3.63, 3.8) is 0 Å². The first-order chi connectivity index (χ1) is 19.6. The van der Waals surface area contributed by atoms with Crippen LogP contribution in [0.1, 0.15) is 86.7 Å². The summed E-state index contributed by atoms with van der Waals surface area (Å²) < 4.78 is 7.22. The number of nitrogens with one attached hydrogen (secondary N) is 1. The number of fused-ring (bicyclic) bond motifs is 1. The van der Waals surface area contributed by atoms with E-state index in [1.54, 1.807) is 0 Å². The van der Waals surface area contributed by atoms with Crippen molar-refractivity contribution in [2.24, 2.45) is 0 Å². The molecule has 0 radical (unpaired) electrons. The highest BCUT2D eigenvalue weighted by Crippen LogP contribution is 2.24. The van der Waals surface area contributed by atoms with Crippen molar-refractivity contribution in [2.75, 3.05) is 45.2 Å². The van der Waals surface area contributed by atoms with Gasteiger partial charge in [-0.3, -0.25) is 4.90 Å². The number of hydrogen-bond acceptors (Lipinski definition) is 6. The highest BCUT2D eigenvalue weighted by molar-refractivity contribution is 5.89. The van der Waals surface area contributed by atoms with E-state index in [-0.39, 0.29) is 5.97 Å². The third-order valence-corrected chi connectivity index (χ3v) is 8.01. The van der Waals surface area contributed by atoms with Crippen molar-refractivity contribution in [1.82, 2.24) is 19.4 Å². The number of piperidine rings is 1. The van der Waals surface area contributed by atoms with E-state index in [1.165, 1.54) is 76.2 Å². The number of aryl methyl sites for hydroxylation is 1. The van der Waals surface area contributed by atoms with Crippen LogP contribution in [0.5, 0.6) is 0 Å². The van der Waals surface area contributed by atoms with Crippen LogP contribution < -0.4 is 5.32 Å². The van der Waals surface area contributed by atoms with E-state index in [1.807, 2.05) is 24.3 Å². The van der Waals surface area contributed by atoms with Gasteiger partial charge in [-0.2, -0.15) is 0 Å². The smallest absolute Gasteiger partial charge is 0.337 e. The van der Waals surface area contributed by atoms with E-state index in [4.69, 9.17) is 9.72 Å². The molecule has 2 aromatic carbocycles. The first kappa shape index (κ1) is 30.1. The molecule has 218 valence electrons. The van der Waals surface area contributed by atoms with Crippen LogP contribution in [0.4, 0.5) is 5.95 Å². The minimum atomic E-state index is -0.311. The monoisotopic (exact) mass is 547 g/mol. The van der Waals surface area contributed by atoms with E-state index in [0.29, 0.717) is 12.1 Å². The summed E-state index contributed by atoms with van der Waals surface area (Å²) in [6.45, 7) is 13.0. The molecule has 40 heavy (non-hydrogen) atoms. The second-order valence-corrected chi connectivity index (χ2v) is 11.2. The fraction of sp³-hybridized carbons (Fsp3) is 0.576. The van der Waals surface area contributed by atoms with Gasteiger partial charge in [-0.25, -0.2) is 9.78 Å². The van der Waals surface area contributed by atoms with Crippen LogP contribution in [0, 0.1) is 0 Å². The summed E-state index contributed by atoms with van der Waals surface area (Å²) in [5, 5.41) is 3.60. The average molecular weight is 548 g/mol. The van der Waals surface area contributed by atoms with Crippen molar-refractivity contribution in [3.8, 4) is 0 Å². The Balaban J connectivity index is 1.52. The van der Waals surface area contributed by atoms with E-state index in [9.17, 15) is 4.79 Å². The predicted octanol–water partition coefficient (Wildman–Crippen LogP) is 6.71. The van der Waals surface area contributed by atoms with E-state index in [2.05, 4.69) is 51.7 Å². The van der Waals surface area contributed by atoms with Crippen molar-refractivity contribution < 1.29 is 9.53 Å². The van der Waals surface area contributed by atoms with E-state index in [0.717, 1.165) is 56.2 Å². The summed E-state index contributed by atoms with van der Waals surface area (Å²) in [5.41, 5.74) is 5.28. The number of likely N-dealkylation sites (tertiary alicyclic amines) is 1. The molecule has 2 heterocycles. The molecule has 0 saturated carbocycles. The van der Waals surface area contributed by atoms with Crippen molar-refractivity contribution in [1.29, 1.82) is 0 Å². The zero-order valence-electron chi connectivity index (χ0n) is 25.0. The molecule has 3 aromatic rings. The number of carbonyl (C=O) groups is 1. The van der Waals surface area contributed by atoms with Gasteiger partial charge in [0.2, 0.25) is 5.95 Å². The number of benzene rings is 2. The van der Waals surface area contributed by atoms with Gasteiger partial charge < -0.3 is 19.5 Å². The average Bonchev–Trinajstić information content (AvgIpc) is 3.34.